The van der Waals surface area contributed by atoms with Gasteiger partial charge in [-0.2, -0.15) is 17.9 Å². The summed E-state index contributed by atoms with van der Waals surface area (Å²) in [7, 11) is 0. The lowest BCUT2D eigenvalue weighted by molar-refractivity contribution is -0.137. The van der Waals surface area contributed by atoms with E-state index in [4.69, 9.17) is 0 Å². The van der Waals surface area contributed by atoms with Gasteiger partial charge in [0.05, 0.1) is 12.1 Å². The van der Waals surface area contributed by atoms with Crippen molar-refractivity contribution in [2.45, 2.75) is 25.4 Å². The Balaban J connectivity index is 1.60. The normalized spacial score (nSPS) is 16.4. The first-order chi connectivity index (χ1) is 13.4. The second kappa shape index (κ2) is 7.06. The Morgan fingerprint density at radius 2 is 1.96 bits per heavy atom. The predicted octanol–water partition coefficient (Wildman–Crippen LogP) is 3.66. The van der Waals surface area contributed by atoms with Gasteiger partial charge in [-0.05, 0) is 49.2 Å². The van der Waals surface area contributed by atoms with Crippen molar-refractivity contribution in [3.63, 3.8) is 0 Å². The Bertz CT molecular complexity index is 1010. The zero-order valence-electron chi connectivity index (χ0n) is 15.0. The second-order valence-corrected chi connectivity index (χ2v) is 6.55. The summed E-state index contributed by atoms with van der Waals surface area (Å²) >= 11 is 0. The molecule has 3 aromatic rings. The summed E-state index contributed by atoms with van der Waals surface area (Å²) < 4.78 is 40.4. The third-order valence-electron chi connectivity index (χ3n) is 4.44. The maximum atomic E-state index is 13.0. The predicted molar refractivity (Wildman–Crippen MR) is 98.2 cm³/mol. The molecule has 1 aromatic carbocycles. The second-order valence-electron chi connectivity index (χ2n) is 6.55. The van der Waals surface area contributed by atoms with Crippen LogP contribution >= 0.6 is 0 Å². The number of alkyl halides is 3. The van der Waals surface area contributed by atoms with E-state index in [9.17, 15) is 13.2 Å². The molecule has 0 saturated carbocycles. The zero-order chi connectivity index (χ0) is 19.7. The Labute approximate surface area is 159 Å². The maximum Gasteiger partial charge on any atom is 0.416 e. The van der Waals surface area contributed by atoms with Gasteiger partial charge in [0.1, 0.15) is 11.6 Å². The van der Waals surface area contributed by atoms with Gasteiger partial charge >= 0.3 is 6.18 Å². The number of nitrogens with one attached hydrogen (secondary N) is 1. The highest BCUT2D eigenvalue weighted by molar-refractivity contribution is 5.95. The molecular weight excluding hydrogens is 369 g/mol. The molecule has 0 saturated heterocycles. The molecule has 0 fully saturated rings. The minimum absolute atomic E-state index is 0.0238. The van der Waals surface area contributed by atoms with E-state index in [1.54, 1.807) is 30.1 Å². The lowest BCUT2D eigenvalue weighted by Crippen LogP contribution is -2.32. The van der Waals surface area contributed by atoms with Crippen molar-refractivity contribution in [1.82, 2.24) is 19.7 Å². The van der Waals surface area contributed by atoms with Crippen molar-refractivity contribution in [3.8, 4) is 0 Å². The van der Waals surface area contributed by atoms with Gasteiger partial charge in [0.2, 0.25) is 5.96 Å². The van der Waals surface area contributed by atoms with Crippen LogP contribution in [-0.2, 0) is 12.6 Å². The average molecular weight is 386 g/mol. The number of halogens is 3. The SMILES string of the molecule is Cc1nc2n(n1)C(Nc1cccc(C(F)(F)F)c1)=NC[C@@H]2Cc1ccncc1. The number of hydrogen-bond acceptors (Lipinski definition) is 5. The molecule has 0 amide bonds. The first kappa shape index (κ1) is 18.1. The van der Waals surface area contributed by atoms with E-state index in [-0.39, 0.29) is 5.92 Å². The maximum absolute atomic E-state index is 13.0. The van der Waals surface area contributed by atoms with E-state index in [1.807, 2.05) is 12.1 Å². The highest BCUT2D eigenvalue weighted by Gasteiger charge is 2.31. The average Bonchev–Trinajstić information content (AvgIpc) is 3.06. The molecule has 0 spiro atoms. The van der Waals surface area contributed by atoms with Crippen LogP contribution in [0.25, 0.3) is 0 Å². The molecule has 0 radical (unpaired) electrons. The monoisotopic (exact) mass is 386 g/mol. The van der Waals surface area contributed by atoms with Gasteiger partial charge in [0.25, 0.3) is 0 Å². The lowest BCUT2D eigenvalue weighted by Gasteiger charge is -2.22. The van der Waals surface area contributed by atoms with Crippen LogP contribution in [0, 0.1) is 6.92 Å². The van der Waals surface area contributed by atoms with Crippen LogP contribution in [0.4, 0.5) is 18.9 Å². The smallest absolute Gasteiger partial charge is 0.324 e. The summed E-state index contributed by atoms with van der Waals surface area (Å²) in [6, 6.07) is 8.87. The first-order valence-electron chi connectivity index (χ1n) is 8.72. The van der Waals surface area contributed by atoms with Gasteiger partial charge in [-0.15, -0.1) is 5.10 Å². The van der Waals surface area contributed by atoms with Crippen molar-refractivity contribution in [3.05, 3.63) is 71.6 Å². The fourth-order valence-electron chi connectivity index (χ4n) is 3.15. The Morgan fingerprint density at radius 1 is 1.18 bits per heavy atom. The van der Waals surface area contributed by atoms with Gasteiger partial charge in [0.15, 0.2) is 0 Å². The molecule has 4 rings (SSSR count). The fourth-order valence-corrected chi connectivity index (χ4v) is 3.15. The van der Waals surface area contributed by atoms with Crippen molar-refractivity contribution in [2.75, 3.05) is 11.9 Å². The lowest BCUT2D eigenvalue weighted by atomic mass is 9.98. The number of nitrogens with zero attached hydrogens (tertiary/aromatic N) is 5. The fraction of sp³-hybridized carbons (Fsp3) is 0.263. The molecule has 1 aliphatic rings. The van der Waals surface area contributed by atoms with Crippen molar-refractivity contribution >= 4 is 11.6 Å². The summed E-state index contributed by atoms with van der Waals surface area (Å²) in [5.74, 6) is 1.70. The van der Waals surface area contributed by atoms with Crippen LogP contribution in [0.3, 0.4) is 0 Å². The van der Waals surface area contributed by atoms with E-state index in [2.05, 4.69) is 25.4 Å². The molecule has 9 heteroatoms. The Morgan fingerprint density at radius 3 is 2.71 bits per heavy atom. The van der Waals surface area contributed by atoms with Crippen molar-refractivity contribution in [1.29, 1.82) is 0 Å². The van der Waals surface area contributed by atoms with E-state index in [0.717, 1.165) is 29.9 Å². The summed E-state index contributed by atoms with van der Waals surface area (Å²) in [6.07, 6.45) is -0.215. The summed E-state index contributed by atoms with van der Waals surface area (Å²) in [4.78, 5) is 13.1. The van der Waals surface area contributed by atoms with E-state index in [0.29, 0.717) is 24.0 Å². The minimum Gasteiger partial charge on any atom is -0.324 e. The van der Waals surface area contributed by atoms with Gasteiger partial charge in [-0.25, -0.2) is 4.98 Å². The quantitative estimate of drug-likeness (QED) is 0.746. The van der Waals surface area contributed by atoms with Crippen LogP contribution in [0.5, 0.6) is 0 Å². The zero-order valence-corrected chi connectivity index (χ0v) is 15.0. The third-order valence-corrected chi connectivity index (χ3v) is 4.44. The number of aromatic nitrogens is 4. The number of pyridine rings is 1. The topological polar surface area (TPSA) is 68.0 Å². The molecule has 3 heterocycles. The largest absolute Gasteiger partial charge is 0.416 e. The summed E-state index contributed by atoms with van der Waals surface area (Å²) in [5, 5.41) is 7.32. The molecular formula is C19H17F3N6. The number of aliphatic imine (C=N–C) groups is 1. The summed E-state index contributed by atoms with van der Waals surface area (Å²) in [5.41, 5.74) is 0.677. The molecule has 144 valence electrons. The van der Waals surface area contributed by atoms with Crippen LogP contribution in [0.2, 0.25) is 0 Å². The van der Waals surface area contributed by atoms with Gasteiger partial charge in [-0.1, -0.05) is 6.07 Å². The molecule has 0 aliphatic carbocycles. The number of rotatable bonds is 3. The highest BCUT2D eigenvalue weighted by atomic mass is 19.4. The van der Waals surface area contributed by atoms with Crippen LogP contribution in [0.1, 0.15) is 28.7 Å². The van der Waals surface area contributed by atoms with Crippen LogP contribution in [0.15, 0.2) is 53.8 Å². The van der Waals surface area contributed by atoms with Gasteiger partial charge in [-0.3, -0.25) is 9.98 Å². The molecule has 0 bridgehead atoms. The van der Waals surface area contributed by atoms with E-state index in [1.165, 1.54) is 6.07 Å². The van der Waals surface area contributed by atoms with E-state index < -0.39 is 11.7 Å². The minimum atomic E-state index is -4.41. The first-order valence-corrected chi connectivity index (χ1v) is 8.72. The standard InChI is InChI=1S/C19H17F3N6/c1-12-25-17-14(9-13-5-7-23-8-6-13)11-24-18(28(17)27-12)26-16-4-2-3-15(10-16)19(20,21)22/h2-8,10,14H,9,11H2,1H3,(H,24,26)/t14-/m0/s1. The summed E-state index contributed by atoms with van der Waals surface area (Å²) in [6.45, 7) is 2.23. The molecule has 2 aromatic heterocycles. The third kappa shape index (κ3) is 3.73. The van der Waals surface area contributed by atoms with Crippen molar-refractivity contribution in [2.24, 2.45) is 4.99 Å². The van der Waals surface area contributed by atoms with E-state index >= 15 is 0 Å². The number of fused-ring (bicyclic) bond motifs is 1. The van der Waals surface area contributed by atoms with Gasteiger partial charge in [0, 0.05) is 24.0 Å². The molecule has 28 heavy (non-hydrogen) atoms. The van der Waals surface area contributed by atoms with Crippen LogP contribution in [-0.4, -0.2) is 32.3 Å². The van der Waals surface area contributed by atoms with Crippen molar-refractivity contribution < 1.29 is 13.2 Å². The Hall–Kier alpha value is -3.23. The molecule has 1 aliphatic heterocycles. The van der Waals surface area contributed by atoms with Gasteiger partial charge < -0.3 is 5.32 Å². The molecule has 6 nitrogen and oxygen atoms in total. The number of hydrogen-bond donors (Lipinski definition) is 1. The molecule has 0 unspecified atom stereocenters. The highest BCUT2D eigenvalue weighted by Crippen LogP contribution is 2.31. The number of anilines is 1. The number of aryl methyl sites for hydroxylation is 1. The molecule has 1 N–H and O–H groups in total. The number of benzene rings is 1. The molecule has 1 atom stereocenters. The van der Waals surface area contributed by atoms with Crippen LogP contribution < -0.4 is 5.32 Å². The Kier molecular flexibility index (Phi) is 4.58.